The number of benzene rings is 2. The lowest BCUT2D eigenvalue weighted by molar-refractivity contribution is 0.601. The Morgan fingerprint density at radius 1 is 1.09 bits per heavy atom. The van der Waals surface area contributed by atoms with E-state index in [1.165, 1.54) is 12.1 Å². The van der Waals surface area contributed by atoms with Crippen LogP contribution in [0, 0.1) is 0 Å². The molecule has 118 valence electrons. The Bertz CT molecular complexity index is 936. The van der Waals surface area contributed by atoms with Gasteiger partial charge in [-0.2, -0.15) is 0 Å². The minimum atomic E-state index is -3.73. The van der Waals surface area contributed by atoms with Gasteiger partial charge in [0.25, 0.3) is 10.0 Å². The van der Waals surface area contributed by atoms with Crippen molar-refractivity contribution in [1.29, 1.82) is 0 Å². The summed E-state index contributed by atoms with van der Waals surface area (Å²) in [6.45, 7) is 0. The molecule has 0 aliphatic heterocycles. The second-order valence-corrected chi connectivity index (χ2v) is 6.94. The van der Waals surface area contributed by atoms with Gasteiger partial charge >= 0.3 is 0 Å². The van der Waals surface area contributed by atoms with Crippen LogP contribution in [0.5, 0.6) is 0 Å². The lowest BCUT2D eigenvalue weighted by Gasteiger charge is -2.10. The van der Waals surface area contributed by atoms with Crippen LogP contribution in [0.15, 0.2) is 59.8 Å². The topological polar surface area (TPSA) is 76.9 Å². The van der Waals surface area contributed by atoms with E-state index in [-0.39, 0.29) is 9.92 Å². The molecule has 3 rings (SSSR count). The molecule has 1 N–H and O–H groups in total. The van der Waals surface area contributed by atoms with Crippen molar-refractivity contribution >= 4 is 27.3 Å². The molecule has 3 aromatic rings. The largest absolute Gasteiger partial charge is 0.317 e. The Hall–Kier alpha value is -2.38. The monoisotopic (exact) mass is 348 g/mol. The summed E-state index contributed by atoms with van der Waals surface area (Å²) >= 11 is 5.95. The van der Waals surface area contributed by atoms with Gasteiger partial charge in [-0.15, -0.1) is 10.2 Å². The predicted octanol–water partition coefficient (Wildman–Crippen LogP) is 2.94. The summed E-state index contributed by atoms with van der Waals surface area (Å²) in [5.74, 6) is 0.700. The van der Waals surface area contributed by atoms with E-state index >= 15 is 0 Å². The molecule has 23 heavy (non-hydrogen) atoms. The SMILES string of the molecule is Cn1cnnc1-c1ccc(NS(=O)(=O)c2ccccc2Cl)cc1. The molecule has 2 aromatic carbocycles. The maximum atomic E-state index is 12.4. The Kier molecular flexibility index (Phi) is 4.06. The predicted molar refractivity (Wildman–Crippen MR) is 88.7 cm³/mol. The zero-order chi connectivity index (χ0) is 16.4. The fraction of sp³-hybridized carbons (Fsp3) is 0.0667. The summed E-state index contributed by atoms with van der Waals surface area (Å²) in [4.78, 5) is 0.0408. The first-order valence-corrected chi connectivity index (χ1v) is 8.55. The first-order chi connectivity index (χ1) is 11.0. The van der Waals surface area contributed by atoms with Crippen LogP contribution in [-0.4, -0.2) is 23.2 Å². The van der Waals surface area contributed by atoms with Crippen LogP contribution >= 0.6 is 11.6 Å². The van der Waals surface area contributed by atoms with Crippen molar-refractivity contribution < 1.29 is 8.42 Å². The number of hydrogen-bond donors (Lipinski definition) is 1. The van der Waals surface area contributed by atoms with E-state index in [1.54, 1.807) is 47.3 Å². The minimum absolute atomic E-state index is 0.0408. The Morgan fingerprint density at radius 2 is 1.78 bits per heavy atom. The highest BCUT2D eigenvalue weighted by molar-refractivity contribution is 7.92. The van der Waals surface area contributed by atoms with Crippen molar-refractivity contribution in [3.8, 4) is 11.4 Å². The van der Waals surface area contributed by atoms with Crippen LogP contribution in [-0.2, 0) is 17.1 Å². The van der Waals surface area contributed by atoms with Crippen molar-refractivity contribution in [2.24, 2.45) is 7.05 Å². The van der Waals surface area contributed by atoms with E-state index < -0.39 is 10.0 Å². The average Bonchev–Trinajstić information content (AvgIpc) is 2.94. The van der Waals surface area contributed by atoms with Crippen LogP contribution in [0.2, 0.25) is 5.02 Å². The maximum absolute atomic E-state index is 12.4. The summed E-state index contributed by atoms with van der Waals surface area (Å²) in [6, 6.07) is 13.2. The van der Waals surface area contributed by atoms with Crippen LogP contribution in [0.1, 0.15) is 0 Å². The number of hydrogen-bond acceptors (Lipinski definition) is 4. The van der Waals surface area contributed by atoms with E-state index in [1.807, 2.05) is 7.05 Å². The molecular weight excluding hydrogens is 336 g/mol. The molecule has 0 fully saturated rings. The molecule has 0 atom stereocenters. The highest BCUT2D eigenvalue weighted by atomic mass is 35.5. The molecule has 0 unspecified atom stereocenters. The van der Waals surface area contributed by atoms with Gasteiger partial charge in [-0.1, -0.05) is 23.7 Å². The van der Waals surface area contributed by atoms with Crippen LogP contribution in [0.25, 0.3) is 11.4 Å². The van der Waals surface area contributed by atoms with Gasteiger partial charge in [0, 0.05) is 18.3 Å². The number of halogens is 1. The first-order valence-electron chi connectivity index (χ1n) is 6.69. The highest BCUT2D eigenvalue weighted by Gasteiger charge is 2.17. The third kappa shape index (κ3) is 3.20. The summed E-state index contributed by atoms with van der Waals surface area (Å²) in [5.41, 5.74) is 1.28. The molecule has 0 aliphatic rings. The number of aromatic nitrogens is 3. The number of anilines is 1. The molecule has 8 heteroatoms. The molecule has 0 spiro atoms. The molecule has 6 nitrogen and oxygen atoms in total. The summed E-state index contributed by atoms with van der Waals surface area (Å²) in [5, 5.41) is 8.00. The smallest absolute Gasteiger partial charge is 0.263 e. The molecule has 0 amide bonds. The van der Waals surface area contributed by atoms with E-state index in [4.69, 9.17) is 11.6 Å². The molecule has 1 aromatic heterocycles. The second-order valence-electron chi connectivity index (χ2n) is 4.88. The Morgan fingerprint density at radius 3 is 2.39 bits per heavy atom. The number of rotatable bonds is 4. The normalized spacial score (nSPS) is 11.4. The molecule has 0 saturated carbocycles. The quantitative estimate of drug-likeness (QED) is 0.786. The Balaban J connectivity index is 1.87. The number of sulfonamides is 1. The number of nitrogens with one attached hydrogen (secondary N) is 1. The summed E-state index contributed by atoms with van der Waals surface area (Å²) < 4.78 is 29.0. The fourth-order valence-electron chi connectivity index (χ4n) is 2.10. The molecule has 1 heterocycles. The van der Waals surface area contributed by atoms with Gasteiger partial charge in [0.1, 0.15) is 11.2 Å². The van der Waals surface area contributed by atoms with Gasteiger partial charge in [-0.25, -0.2) is 8.42 Å². The van der Waals surface area contributed by atoms with E-state index in [0.717, 1.165) is 5.56 Å². The average molecular weight is 349 g/mol. The van der Waals surface area contributed by atoms with Crippen LogP contribution in [0.3, 0.4) is 0 Å². The van der Waals surface area contributed by atoms with Gasteiger partial charge in [0.05, 0.1) is 5.02 Å². The lowest BCUT2D eigenvalue weighted by atomic mass is 10.2. The zero-order valence-electron chi connectivity index (χ0n) is 12.1. The first kappa shape index (κ1) is 15.5. The zero-order valence-corrected chi connectivity index (χ0v) is 13.7. The Labute approximate surface area is 138 Å². The van der Waals surface area contributed by atoms with Crippen LogP contribution < -0.4 is 4.72 Å². The molecular formula is C15H13ClN4O2S. The van der Waals surface area contributed by atoms with Gasteiger partial charge < -0.3 is 4.57 Å². The standard InChI is InChI=1S/C15H13ClN4O2S/c1-20-10-17-18-15(20)11-6-8-12(9-7-11)19-23(21,22)14-5-3-2-4-13(14)16/h2-10,19H,1H3. The van der Waals surface area contributed by atoms with Gasteiger partial charge in [0.15, 0.2) is 5.82 Å². The number of nitrogens with zero attached hydrogens (tertiary/aromatic N) is 3. The maximum Gasteiger partial charge on any atom is 0.263 e. The fourth-order valence-corrected chi connectivity index (χ4v) is 3.68. The summed E-state index contributed by atoms with van der Waals surface area (Å²) in [7, 11) is -1.90. The molecule has 0 radical (unpaired) electrons. The third-order valence-corrected chi connectivity index (χ3v) is 5.11. The third-order valence-electron chi connectivity index (χ3n) is 3.23. The highest BCUT2D eigenvalue weighted by Crippen LogP contribution is 2.24. The minimum Gasteiger partial charge on any atom is -0.317 e. The van der Waals surface area contributed by atoms with Gasteiger partial charge in [-0.05, 0) is 36.4 Å². The number of aryl methyl sites for hydroxylation is 1. The van der Waals surface area contributed by atoms with E-state index in [9.17, 15) is 8.42 Å². The van der Waals surface area contributed by atoms with Crippen molar-refractivity contribution in [2.45, 2.75) is 4.90 Å². The van der Waals surface area contributed by atoms with Crippen LogP contribution in [0.4, 0.5) is 5.69 Å². The van der Waals surface area contributed by atoms with Gasteiger partial charge in [0.2, 0.25) is 0 Å². The van der Waals surface area contributed by atoms with E-state index in [0.29, 0.717) is 11.5 Å². The second kappa shape index (κ2) is 6.02. The summed E-state index contributed by atoms with van der Waals surface area (Å²) in [6.07, 6.45) is 1.60. The van der Waals surface area contributed by atoms with E-state index in [2.05, 4.69) is 14.9 Å². The van der Waals surface area contributed by atoms with Crippen molar-refractivity contribution in [2.75, 3.05) is 4.72 Å². The van der Waals surface area contributed by atoms with Crippen molar-refractivity contribution in [1.82, 2.24) is 14.8 Å². The van der Waals surface area contributed by atoms with Crippen molar-refractivity contribution in [3.05, 3.63) is 59.9 Å². The van der Waals surface area contributed by atoms with Gasteiger partial charge in [-0.3, -0.25) is 4.72 Å². The molecule has 0 saturated heterocycles. The lowest BCUT2D eigenvalue weighted by Crippen LogP contribution is -2.13. The van der Waals surface area contributed by atoms with Crippen molar-refractivity contribution in [3.63, 3.8) is 0 Å². The molecule has 0 bridgehead atoms. The molecule has 0 aliphatic carbocycles.